The van der Waals surface area contributed by atoms with Crippen molar-refractivity contribution in [3.8, 4) is 23.0 Å². The molecule has 0 bridgehead atoms. The zero-order chi connectivity index (χ0) is 20.7. The van der Waals surface area contributed by atoms with Crippen LogP contribution in [0.2, 0.25) is 0 Å². The van der Waals surface area contributed by atoms with Gasteiger partial charge in [-0.15, -0.1) is 0 Å². The Morgan fingerprint density at radius 1 is 0.857 bits per heavy atom. The van der Waals surface area contributed by atoms with Crippen LogP contribution in [0, 0.1) is 0 Å². The van der Waals surface area contributed by atoms with E-state index in [1.165, 1.54) is 0 Å². The molecule has 0 saturated carbocycles. The zero-order valence-corrected chi connectivity index (χ0v) is 15.0. The number of benzene rings is 2. The van der Waals surface area contributed by atoms with Crippen molar-refractivity contribution in [2.45, 2.75) is 31.8 Å². The number of carbonyl (C=O) groups is 2. The predicted octanol–water partition coefficient (Wildman–Crippen LogP) is 1.52. The maximum atomic E-state index is 12.9. The molecule has 1 aliphatic rings. The Morgan fingerprint density at radius 3 is 2.11 bits per heavy atom. The summed E-state index contributed by atoms with van der Waals surface area (Å²) in [5.41, 5.74) is -1.36. The number of aliphatic hydroxyl groups excluding tert-OH is 2. The highest BCUT2D eigenvalue weighted by Gasteiger charge is 2.37. The van der Waals surface area contributed by atoms with Crippen molar-refractivity contribution in [2.75, 3.05) is 6.61 Å². The van der Waals surface area contributed by atoms with Gasteiger partial charge in [0, 0.05) is 28.7 Å². The number of hydrogen-bond acceptors (Lipinski definition) is 8. The number of fused-ring (bicyclic) bond motifs is 2. The number of phenols is 4. The van der Waals surface area contributed by atoms with Crippen molar-refractivity contribution in [1.82, 2.24) is 0 Å². The van der Waals surface area contributed by atoms with E-state index in [1.807, 2.05) is 0 Å². The van der Waals surface area contributed by atoms with Gasteiger partial charge < -0.3 is 30.6 Å². The average molecular weight is 388 g/mol. The number of carbonyl (C=O) groups excluding carboxylic acids is 2. The summed E-state index contributed by atoms with van der Waals surface area (Å²) >= 11 is 0. The number of rotatable bonds is 5. The van der Waals surface area contributed by atoms with Crippen molar-refractivity contribution in [2.24, 2.45) is 0 Å². The summed E-state index contributed by atoms with van der Waals surface area (Å²) in [6.45, 7) is 1.09. The molecule has 0 amide bonds. The Labute approximate surface area is 159 Å². The van der Waals surface area contributed by atoms with Gasteiger partial charge in [0.25, 0.3) is 0 Å². The molecule has 0 aromatic heterocycles. The Bertz CT molecular complexity index is 977. The normalized spacial score (nSPS) is 15.1. The van der Waals surface area contributed by atoms with Gasteiger partial charge in [-0.2, -0.15) is 0 Å². The van der Waals surface area contributed by atoms with Crippen LogP contribution in [0.25, 0.3) is 0 Å². The monoisotopic (exact) mass is 388 g/mol. The lowest BCUT2D eigenvalue weighted by molar-refractivity contribution is 0.0973. The molecule has 0 saturated heterocycles. The molecule has 0 radical (unpaired) electrons. The Morgan fingerprint density at radius 2 is 1.50 bits per heavy atom. The topological polar surface area (TPSA) is 156 Å². The van der Waals surface area contributed by atoms with Crippen LogP contribution in [0.3, 0.4) is 0 Å². The van der Waals surface area contributed by atoms with Gasteiger partial charge in [-0.05, 0) is 31.9 Å². The summed E-state index contributed by atoms with van der Waals surface area (Å²) in [5, 5.41) is 59.9. The van der Waals surface area contributed by atoms with Crippen LogP contribution in [0.5, 0.6) is 23.0 Å². The summed E-state index contributed by atoms with van der Waals surface area (Å²) in [4.78, 5) is 25.7. The molecule has 148 valence electrons. The number of ketones is 2. The first-order valence-electron chi connectivity index (χ1n) is 8.70. The van der Waals surface area contributed by atoms with E-state index in [4.69, 9.17) is 0 Å². The molecule has 3 rings (SSSR count). The maximum Gasteiger partial charge on any atom is 0.201 e. The summed E-state index contributed by atoms with van der Waals surface area (Å²) in [7, 11) is 0. The second kappa shape index (κ2) is 7.14. The van der Waals surface area contributed by atoms with Gasteiger partial charge in [0.2, 0.25) is 5.78 Å². The van der Waals surface area contributed by atoms with Crippen LogP contribution in [-0.2, 0) is 0 Å². The summed E-state index contributed by atoms with van der Waals surface area (Å²) in [5.74, 6) is -4.53. The number of phenolic OH excluding ortho intramolecular Hbond substituents is 4. The first-order chi connectivity index (χ1) is 13.2. The van der Waals surface area contributed by atoms with Crippen molar-refractivity contribution in [3.05, 3.63) is 46.0 Å². The van der Waals surface area contributed by atoms with Crippen LogP contribution >= 0.6 is 0 Å². The van der Waals surface area contributed by atoms with Crippen LogP contribution in [0.1, 0.15) is 63.1 Å². The maximum absolute atomic E-state index is 12.9. The van der Waals surface area contributed by atoms with Crippen LogP contribution < -0.4 is 0 Å². The first-order valence-corrected chi connectivity index (χ1v) is 8.70. The van der Waals surface area contributed by atoms with Crippen molar-refractivity contribution >= 4 is 11.6 Å². The third-order valence-corrected chi connectivity index (χ3v) is 4.93. The Hall–Kier alpha value is -3.10. The minimum absolute atomic E-state index is 0.107. The fourth-order valence-corrected chi connectivity index (χ4v) is 3.55. The molecule has 8 nitrogen and oxygen atoms in total. The first kappa shape index (κ1) is 19.7. The lowest BCUT2D eigenvalue weighted by Crippen LogP contribution is -2.22. The SMILES string of the molecule is CC(O)CCC(CO)c1c(O)cc2c(c1O)C(=O)c1c(O)cc(O)cc1C2=O. The lowest BCUT2D eigenvalue weighted by Gasteiger charge is -2.24. The van der Waals surface area contributed by atoms with Gasteiger partial charge in [-0.3, -0.25) is 9.59 Å². The van der Waals surface area contributed by atoms with Gasteiger partial charge >= 0.3 is 0 Å². The van der Waals surface area contributed by atoms with E-state index < -0.39 is 53.2 Å². The average Bonchev–Trinajstić information content (AvgIpc) is 2.60. The summed E-state index contributed by atoms with van der Waals surface area (Å²) in [6.07, 6.45) is -0.182. The molecule has 2 unspecified atom stereocenters. The van der Waals surface area contributed by atoms with E-state index in [1.54, 1.807) is 6.92 Å². The van der Waals surface area contributed by atoms with Gasteiger partial charge in [-0.1, -0.05) is 0 Å². The fraction of sp³-hybridized carbons (Fsp3) is 0.300. The van der Waals surface area contributed by atoms with Crippen molar-refractivity contribution in [3.63, 3.8) is 0 Å². The standard InChI is InChI=1S/C20H20O8/c1-8(22)2-3-9(7-21)15-14(25)6-12-17(19(15)27)20(28)16-11(18(12)26)4-10(23)5-13(16)24/h4-6,8-9,21-25,27H,2-3,7H2,1H3. The van der Waals surface area contributed by atoms with Gasteiger partial charge in [-0.25, -0.2) is 0 Å². The second-order valence-electron chi connectivity index (χ2n) is 6.93. The van der Waals surface area contributed by atoms with Crippen LogP contribution in [0.4, 0.5) is 0 Å². The molecule has 8 heteroatoms. The Kier molecular flexibility index (Phi) is 5.01. The third kappa shape index (κ3) is 3.06. The molecule has 2 aromatic carbocycles. The molecule has 0 aliphatic heterocycles. The van der Waals surface area contributed by atoms with Crippen LogP contribution in [-0.4, -0.2) is 54.9 Å². The highest BCUT2D eigenvalue weighted by atomic mass is 16.3. The minimum Gasteiger partial charge on any atom is -0.508 e. The smallest absolute Gasteiger partial charge is 0.201 e. The van der Waals surface area contributed by atoms with E-state index in [0.717, 1.165) is 18.2 Å². The molecule has 0 heterocycles. The molecule has 2 atom stereocenters. The quantitative estimate of drug-likeness (QED) is 0.384. The highest BCUT2D eigenvalue weighted by Crippen LogP contribution is 2.45. The molecule has 28 heavy (non-hydrogen) atoms. The van der Waals surface area contributed by atoms with E-state index in [2.05, 4.69) is 0 Å². The lowest BCUT2D eigenvalue weighted by atomic mass is 9.79. The fourth-order valence-electron chi connectivity index (χ4n) is 3.55. The van der Waals surface area contributed by atoms with Crippen molar-refractivity contribution in [1.29, 1.82) is 0 Å². The van der Waals surface area contributed by atoms with Crippen LogP contribution in [0.15, 0.2) is 18.2 Å². The van der Waals surface area contributed by atoms with E-state index in [0.29, 0.717) is 0 Å². The molecule has 1 aliphatic carbocycles. The predicted molar refractivity (Wildman–Crippen MR) is 97.1 cm³/mol. The molecule has 6 N–H and O–H groups in total. The number of aromatic hydroxyl groups is 4. The minimum atomic E-state index is -0.840. The summed E-state index contributed by atoms with van der Waals surface area (Å²) in [6, 6.07) is 2.96. The number of aliphatic hydroxyl groups is 2. The van der Waals surface area contributed by atoms with Gasteiger partial charge in [0.1, 0.15) is 23.0 Å². The summed E-state index contributed by atoms with van der Waals surface area (Å²) < 4.78 is 0. The van der Waals surface area contributed by atoms with Crippen molar-refractivity contribution < 1.29 is 40.2 Å². The molecular weight excluding hydrogens is 368 g/mol. The molecule has 0 spiro atoms. The third-order valence-electron chi connectivity index (χ3n) is 4.93. The van der Waals surface area contributed by atoms with Gasteiger partial charge in [0.15, 0.2) is 5.78 Å². The zero-order valence-electron chi connectivity index (χ0n) is 15.0. The van der Waals surface area contributed by atoms with E-state index >= 15 is 0 Å². The molecule has 0 fully saturated rings. The largest absolute Gasteiger partial charge is 0.508 e. The second-order valence-corrected chi connectivity index (χ2v) is 6.93. The van der Waals surface area contributed by atoms with Gasteiger partial charge in [0.05, 0.1) is 23.8 Å². The molecular formula is C20H20O8. The van der Waals surface area contributed by atoms with E-state index in [9.17, 15) is 40.2 Å². The molecule has 2 aromatic rings. The number of hydrogen-bond donors (Lipinski definition) is 6. The Balaban J connectivity index is 2.20. The van der Waals surface area contributed by atoms with E-state index in [-0.39, 0.29) is 40.7 Å². The highest BCUT2D eigenvalue weighted by molar-refractivity contribution is 6.30.